The highest BCUT2D eigenvalue weighted by Gasteiger charge is 2.22. The quantitative estimate of drug-likeness (QED) is 0.575. The minimum atomic E-state index is 0.641. The lowest BCUT2D eigenvalue weighted by Crippen LogP contribution is -2.41. The molecule has 2 N–H and O–H groups in total. The highest BCUT2D eigenvalue weighted by molar-refractivity contribution is 9.10. The predicted molar refractivity (Wildman–Crippen MR) is 108 cm³/mol. The Kier molecular flexibility index (Phi) is 6.39. The molecule has 1 unspecified atom stereocenters. The van der Waals surface area contributed by atoms with Crippen molar-refractivity contribution in [2.45, 2.75) is 13.0 Å². The van der Waals surface area contributed by atoms with Gasteiger partial charge in [-0.25, -0.2) is 0 Å². The first-order valence-corrected chi connectivity index (χ1v) is 9.59. The van der Waals surface area contributed by atoms with Crippen LogP contribution in [-0.2, 0) is 6.54 Å². The summed E-state index contributed by atoms with van der Waals surface area (Å²) in [6.07, 6.45) is 5.36. The number of aliphatic imine (C=N–C) groups is 1. The topological polar surface area (TPSA) is 44.6 Å². The van der Waals surface area contributed by atoms with Crippen LogP contribution < -0.4 is 15.5 Å². The zero-order chi connectivity index (χ0) is 17.5. The lowest BCUT2D eigenvalue weighted by Gasteiger charge is -2.19. The Morgan fingerprint density at radius 2 is 2.08 bits per heavy atom. The van der Waals surface area contributed by atoms with Gasteiger partial charge in [-0.05, 0) is 42.7 Å². The third kappa shape index (κ3) is 5.26. The van der Waals surface area contributed by atoms with Gasteiger partial charge in [0.1, 0.15) is 0 Å². The molecule has 0 bridgehead atoms. The van der Waals surface area contributed by atoms with Crippen LogP contribution in [0.3, 0.4) is 0 Å². The van der Waals surface area contributed by atoms with Crippen molar-refractivity contribution in [3.8, 4) is 0 Å². The number of hydrogen-bond donors (Lipinski definition) is 2. The van der Waals surface area contributed by atoms with Gasteiger partial charge in [0.25, 0.3) is 0 Å². The van der Waals surface area contributed by atoms with E-state index in [2.05, 4.69) is 77.7 Å². The molecule has 1 aromatic carbocycles. The number of guanidine groups is 1. The molecule has 5 nitrogen and oxygen atoms in total. The van der Waals surface area contributed by atoms with E-state index in [9.17, 15) is 0 Å². The summed E-state index contributed by atoms with van der Waals surface area (Å²) in [6.45, 7) is 4.96. The Morgan fingerprint density at radius 3 is 2.84 bits per heavy atom. The molecule has 3 rings (SSSR count). The van der Waals surface area contributed by atoms with E-state index in [0.717, 1.165) is 43.2 Å². The summed E-state index contributed by atoms with van der Waals surface area (Å²) in [7, 11) is 1.83. The van der Waals surface area contributed by atoms with E-state index in [-0.39, 0.29) is 0 Å². The summed E-state index contributed by atoms with van der Waals surface area (Å²) in [4.78, 5) is 6.78. The molecule has 25 heavy (non-hydrogen) atoms. The van der Waals surface area contributed by atoms with Gasteiger partial charge < -0.3 is 20.1 Å². The van der Waals surface area contributed by atoms with Crippen LogP contribution in [0.25, 0.3) is 0 Å². The van der Waals surface area contributed by atoms with E-state index < -0.39 is 0 Å². The molecule has 0 radical (unpaired) electrons. The summed E-state index contributed by atoms with van der Waals surface area (Å²) in [6, 6.07) is 12.6. The van der Waals surface area contributed by atoms with Crippen LogP contribution in [0.4, 0.5) is 5.69 Å². The molecule has 1 saturated heterocycles. The molecule has 1 atom stereocenters. The molecule has 0 spiro atoms. The fraction of sp³-hybridized carbons (Fsp3) is 0.421. The predicted octanol–water partition coefficient (Wildman–Crippen LogP) is 2.94. The zero-order valence-electron chi connectivity index (χ0n) is 14.7. The molecule has 2 heterocycles. The van der Waals surface area contributed by atoms with E-state index in [4.69, 9.17) is 0 Å². The third-order valence-electron chi connectivity index (χ3n) is 4.57. The second-order valence-electron chi connectivity index (χ2n) is 6.38. The average molecular weight is 404 g/mol. The summed E-state index contributed by atoms with van der Waals surface area (Å²) < 4.78 is 3.30. The van der Waals surface area contributed by atoms with Crippen LogP contribution in [0.5, 0.6) is 0 Å². The first-order valence-electron chi connectivity index (χ1n) is 8.80. The van der Waals surface area contributed by atoms with Crippen LogP contribution in [-0.4, -0.2) is 43.8 Å². The van der Waals surface area contributed by atoms with Gasteiger partial charge in [0, 0.05) is 62.3 Å². The summed E-state index contributed by atoms with van der Waals surface area (Å²) in [5.74, 6) is 1.52. The number of benzene rings is 1. The van der Waals surface area contributed by atoms with Gasteiger partial charge in [-0.2, -0.15) is 0 Å². The van der Waals surface area contributed by atoms with Crippen molar-refractivity contribution < 1.29 is 0 Å². The normalized spacial score (nSPS) is 17.8. The van der Waals surface area contributed by atoms with Gasteiger partial charge in [0.2, 0.25) is 0 Å². The Bertz CT molecular complexity index is 683. The van der Waals surface area contributed by atoms with Crippen molar-refractivity contribution in [3.63, 3.8) is 0 Å². The Morgan fingerprint density at radius 1 is 1.24 bits per heavy atom. The zero-order valence-corrected chi connectivity index (χ0v) is 16.2. The van der Waals surface area contributed by atoms with Gasteiger partial charge in [-0.15, -0.1) is 0 Å². The molecular weight excluding hydrogens is 378 g/mol. The smallest absolute Gasteiger partial charge is 0.191 e. The van der Waals surface area contributed by atoms with Gasteiger partial charge in [0.15, 0.2) is 5.96 Å². The molecule has 6 heteroatoms. The van der Waals surface area contributed by atoms with Crippen molar-refractivity contribution in [1.82, 2.24) is 15.2 Å². The first kappa shape index (κ1) is 17.9. The summed E-state index contributed by atoms with van der Waals surface area (Å²) >= 11 is 3.56. The lowest BCUT2D eigenvalue weighted by molar-refractivity contribution is 0.563. The lowest BCUT2D eigenvalue weighted by atomic mass is 10.1. The van der Waals surface area contributed by atoms with E-state index in [1.54, 1.807) is 0 Å². The molecule has 1 aliphatic rings. The number of aromatic nitrogens is 1. The minimum absolute atomic E-state index is 0.641. The molecular formula is C19H26BrN5. The number of rotatable bonds is 6. The monoisotopic (exact) mass is 403 g/mol. The number of anilines is 1. The second-order valence-corrected chi connectivity index (χ2v) is 7.30. The van der Waals surface area contributed by atoms with Crippen molar-refractivity contribution >= 4 is 27.6 Å². The summed E-state index contributed by atoms with van der Waals surface area (Å²) in [5, 5.41) is 6.85. The molecule has 0 amide bonds. The Labute approximate surface area is 158 Å². The maximum atomic E-state index is 4.32. The number of halogens is 1. The molecule has 0 aliphatic carbocycles. The maximum absolute atomic E-state index is 4.32. The second kappa shape index (κ2) is 8.94. The van der Waals surface area contributed by atoms with E-state index in [0.29, 0.717) is 5.92 Å². The standard InChI is InChI=1S/C19H26BrN5/c1-21-19(22-8-12-24-9-2-3-10-24)23-14-16-7-11-25(15-16)18-6-4-5-17(20)13-18/h2-6,9-10,13,16H,7-8,11-12,14-15H2,1H3,(H2,21,22,23). The van der Waals surface area contributed by atoms with Crippen molar-refractivity contribution in [2.24, 2.45) is 10.9 Å². The van der Waals surface area contributed by atoms with Gasteiger partial charge in [0.05, 0.1) is 0 Å². The molecule has 0 saturated carbocycles. The maximum Gasteiger partial charge on any atom is 0.191 e. The van der Waals surface area contributed by atoms with E-state index >= 15 is 0 Å². The molecule has 2 aromatic rings. The first-order chi connectivity index (χ1) is 12.2. The minimum Gasteiger partial charge on any atom is -0.371 e. The van der Waals surface area contributed by atoms with Crippen LogP contribution in [0.2, 0.25) is 0 Å². The van der Waals surface area contributed by atoms with Crippen molar-refractivity contribution in [3.05, 3.63) is 53.3 Å². The van der Waals surface area contributed by atoms with Crippen LogP contribution in [0, 0.1) is 5.92 Å². The van der Waals surface area contributed by atoms with Gasteiger partial charge in [-0.3, -0.25) is 4.99 Å². The van der Waals surface area contributed by atoms with E-state index in [1.807, 2.05) is 19.2 Å². The van der Waals surface area contributed by atoms with Gasteiger partial charge >= 0.3 is 0 Å². The number of nitrogens with one attached hydrogen (secondary N) is 2. The van der Waals surface area contributed by atoms with Gasteiger partial charge in [-0.1, -0.05) is 22.0 Å². The Balaban J connectivity index is 1.40. The molecule has 1 aliphatic heterocycles. The van der Waals surface area contributed by atoms with Crippen molar-refractivity contribution in [1.29, 1.82) is 0 Å². The fourth-order valence-corrected chi connectivity index (χ4v) is 3.58. The largest absolute Gasteiger partial charge is 0.371 e. The SMILES string of the molecule is CN=C(NCCn1cccc1)NCC1CCN(c2cccc(Br)c2)C1. The molecule has 134 valence electrons. The fourth-order valence-electron chi connectivity index (χ4n) is 3.19. The van der Waals surface area contributed by atoms with Crippen molar-refractivity contribution in [2.75, 3.05) is 38.1 Å². The molecule has 1 aromatic heterocycles. The van der Waals surface area contributed by atoms with Crippen LogP contribution in [0.1, 0.15) is 6.42 Å². The summed E-state index contributed by atoms with van der Waals surface area (Å²) in [5.41, 5.74) is 1.30. The Hall–Kier alpha value is -1.95. The van der Waals surface area contributed by atoms with E-state index in [1.165, 1.54) is 12.1 Å². The highest BCUT2D eigenvalue weighted by Crippen LogP contribution is 2.25. The highest BCUT2D eigenvalue weighted by atomic mass is 79.9. The third-order valence-corrected chi connectivity index (χ3v) is 5.06. The molecule has 1 fully saturated rings. The average Bonchev–Trinajstić information content (AvgIpc) is 3.30. The number of nitrogens with zero attached hydrogens (tertiary/aromatic N) is 3. The number of hydrogen-bond acceptors (Lipinski definition) is 2. The van der Waals surface area contributed by atoms with Crippen LogP contribution >= 0.6 is 15.9 Å². The van der Waals surface area contributed by atoms with Crippen LogP contribution in [0.15, 0.2) is 58.3 Å².